The molecule has 0 spiro atoms. The molecule has 0 saturated heterocycles. The lowest BCUT2D eigenvalue weighted by Crippen LogP contribution is -2.17. The Kier molecular flexibility index (Phi) is 4.40. The van der Waals surface area contributed by atoms with Crippen LogP contribution in [0.4, 0.5) is 0 Å². The molecule has 0 aliphatic heterocycles. The number of para-hydroxylation sites is 2. The first-order valence-electron chi connectivity index (χ1n) is 9.07. The molecule has 0 saturated carbocycles. The topological polar surface area (TPSA) is 59.4 Å². The van der Waals surface area contributed by atoms with Crippen molar-refractivity contribution in [2.75, 3.05) is 7.11 Å². The van der Waals surface area contributed by atoms with E-state index < -0.39 is 5.97 Å². The molecule has 1 N–H and O–H groups in total. The van der Waals surface area contributed by atoms with Crippen molar-refractivity contribution in [1.29, 1.82) is 0 Å². The summed E-state index contributed by atoms with van der Waals surface area (Å²) < 4.78 is 5.47. The van der Waals surface area contributed by atoms with Crippen LogP contribution < -0.4 is 4.74 Å². The lowest BCUT2D eigenvalue weighted by Gasteiger charge is -2.26. The number of hydrogen-bond donors (Lipinski definition) is 1. The number of ether oxygens (including phenoxy) is 1. The minimum atomic E-state index is -0.893. The Balaban J connectivity index is 1.99. The number of carbonyl (C=O) groups is 1. The van der Waals surface area contributed by atoms with Crippen molar-refractivity contribution in [3.63, 3.8) is 0 Å². The van der Waals surface area contributed by atoms with Crippen LogP contribution in [0.5, 0.6) is 5.75 Å². The monoisotopic (exact) mass is 359 g/mol. The minimum absolute atomic E-state index is 0.347. The second-order valence-corrected chi connectivity index (χ2v) is 7.06. The van der Waals surface area contributed by atoms with Gasteiger partial charge in [0.05, 0.1) is 23.9 Å². The fraction of sp³-hybridized carbons (Fsp3) is 0.217. The van der Waals surface area contributed by atoms with Crippen molar-refractivity contribution in [2.24, 2.45) is 5.92 Å². The third-order valence-corrected chi connectivity index (χ3v) is 5.10. The molecule has 0 bridgehead atoms. The Morgan fingerprint density at radius 3 is 2.67 bits per heavy atom. The Labute approximate surface area is 158 Å². The Hall–Kier alpha value is -3.14. The van der Waals surface area contributed by atoms with Gasteiger partial charge in [-0.2, -0.15) is 0 Å². The van der Waals surface area contributed by atoms with Crippen LogP contribution in [0.2, 0.25) is 0 Å². The molecule has 3 aromatic rings. The number of carboxylic acids is 1. The summed E-state index contributed by atoms with van der Waals surface area (Å²) in [6.45, 7) is 2.15. The summed E-state index contributed by atoms with van der Waals surface area (Å²) >= 11 is 0. The van der Waals surface area contributed by atoms with E-state index in [1.807, 2.05) is 48.5 Å². The second kappa shape index (κ2) is 6.88. The van der Waals surface area contributed by atoms with Crippen molar-refractivity contribution in [3.8, 4) is 5.75 Å². The van der Waals surface area contributed by atoms with Gasteiger partial charge in [-0.1, -0.05) is 43.3 Å². The quantitative estimate of drug-likeness (QED) is 0.710. The zero-order valence-corrected chi connectivity index (χ0v) is 15.4. The first kappa shape index (κ1) is 17.3. The Morgan fingerprint density at radius 1 is 1.15 bits per heavy atom. The maximum atomic E-state index is 12.1. The average Bonchev–Trinajstić information content (AvgIpc) is 2.66. The third kappa shape index (κ3) is 3.08. The smallest absolute Gasteiger partial charge is 0.336 e. The number of pyridine rings is 1. The Bertz CT molecular complexity index is 1070. The molecule has 0 radical (unpaired) electrons. The van der Waals surface area contributed by atoms with Gasteiger partial charge < -0.3 is 9.84 Å². The number of fused-ring (bicyclic) bond motifs is 2. The van der Waals surface area contributed by atoms with Gasteiger partial charge in [0, 0.05) is 10.9 Å². The summed E-state index contributed by atoms with van der Waals surface area (Å²) in [6, 6.07) is 15.3. The highest BCUT2D eigenvalue weighted by molar-refractivity contribution is 6.06. The van der Waals surface area contributed by atoms with Gasteiger partial charge >= 0.3 is 5.97 Å². The zero-order valence-electron chi connectivity index (χ0n) is 15.4. The van der Waals surface area contributed by atoms with E-state index in [2.05, 4.69) is 13.0 Å². The second-order valence-electron chi connectivity index (χ2n) is 7.06. The van der Waals surface area contributed by atoms with Crippen molar-refractivity contribution < 1.29 is 14.6 Å². The van der Waals surface area contributed by atoms with Gasteiger partial charge in [-0.15, -0.1) is 0 Å². The van der Waals surface area contributed by atoms with Gasteiger partial charge in [-0.05, 0) is 48.1 Å². The first-order chi connectivity index (χ1) is 13.1. The highest BCUT2D eigenvalue weighted by atomic mass is 16.5. The first-order valence-corrected chi connectivity index (χ1v) is 9.07. The van der Waals surface area contributed by atoms with Crippen LogP contribution in [0.15, 0.2) is 48.5 Å². The number of aromatic nitrogens is 1. The molecular weight excluding hydrogens is 338 g/mol. The van der Waals surface area contributed by atoms with E-state index >= 15 is 0 Å². The number of rotatable bonds is 3. The molecule has 1 heterocycles. The number of aromatic carboxylic acids is 1. The maximum Gasteiger partial charge on any atom is 0.336 e. The number of methoxy groups -OCH3 is 1. The lowest BCUT2D eigenvalue weighted by molar-refractivity contribution is 0.0697. The van der Waals surface area contributed by atoms with E-state index in [0.717, 1.165) is 41.0 Å². The molecule has 136 valence electrons. The van der Waals surface area contributed by atoms with Crippen LogP contribution >= 0.6 is 0 Å². The van der Waals surface area contributed by atoms with Gasteiger partial charge in [0.1, 0.15) is 5.75 Å². The molecule has 1 unspecified atom stereocenters. The summed E-state index contributed by atoms with van der Waals surface area (Å²) in [4.78, 5) is 16.9. The van der Waals surface area contributed by atoms with Gasteiger partial charge in [0.2, 0.25) is 0 Å². The molecule has 4 nitrogen and oxygen atoms in total. The normalized spacial score (nSPS) is 17.7. The number of allylic oxidation sites excluding steroid dienone is 1. The van der Waals surface area contributed by atoms with Crippen molar-refractivity contribution in [3.05, 3.63) is 70.9 Å². The molecule has 0 fully saturated rings. The van der Waals surface area contributed by atoms with E-state index in [9.17, 15) is 9.90 Å². The molecule has 27 heavy (non-hydrogen) atoms. The van der Waals surface area contributed by atoms with Crippen LogP contribution in [0, 0.1) is 5.92 Å². The molecule has 1 aliphatic rings. The summed E-state index contributed by atoms with van der Waals surface area (Å²) in [5.41, 5.74) is 4.77. The fourth-order valence-electron chi connectivity index (χ4n) is 3.95. The number of carboxylic acid groups (broad SMARTS) is 1. The summed E-state index contributed by atoms with van der Waals surface area (Å²) in [5.74, 6) is 0.249. The number of benzene rings is 2. The summed E-state index contributed by atoms with van der Waals surface area (Å²) in [7, 11) is 1.66. The molecule has 1 atom stereocenters. The summed E-state index contributed by atoms with van der Waals surface area (Å²) in [6.07, 6.45) is 3.66. The minimum Gasteiger partial charge on any atom is -0.496 e. The van der Waals surface area contributed by atoms with Crippen LogP contribution in [-0.4, -0.2) is 23.2 Å². The molecule has 1 aliphatic carbocycles. The molecular formula is C23H21NO3. The van der Waals surface area contributed by atoms with Crippen molar-refractivity contribution >= 4 is 28.5 Å². The fourth-order valence-corrected chi connectivity index (χ4v) is 3.95. The van der Waals surface area contributed by atoms with Gasteiger partial charge in [0.15, 0.2) is 0 Å². The highest BCUT2D eigenvalue weighted by Gasteiger charge is 2.28. The van der Waals surface area contributed by atoms with Crippen molar-refractivity contribution in [2.45, 2.75) is 19.8 Å². The lowest BCUT2D eigenvalue weighted by atomic mass is 9.80. The van der Waals surface area contributed by atoms with Crippen molar-refractivity contribution in [1.82, 2.24) is 4.98 Å². The van der Waals surface area contributed by atoms with Gasteiger partial charge in [0.25, 0.3) is 0 Å². The summed E-state index contributed by atoms with van der Waals surface area (Å²) in [5, 5.41) is 10.6. The van der Waals surface area contributed by atoms with Gasteiger partial charge in [-0.3, -0.25) is 0 Å². The third-order valence-electron chi connectivity index (χ3n) is 5.10. The van der Waals surface area contributed by atoms with Crippen LogP contribution in [0.3, 0.4) is 0 Å². The zero-order chi connectivity index (χ0) is 19.0. The average molecular weight is 359 g/mol. The number of hydrogen-bond acceptors (Lipinski definition) is 3. The van der Waals surface area contributed by atoms with Crippen LogP contribution in [-0.2, 0) is 6.42 Å². The molecule has 4 heteroatoms. The SMILES string of the molecule is COc1ccccc1/C=C1\CC(C)Cc2c1nc1ccccc1c2C(=O)O. The number of nitrogens with zero attached hydrogens (tertiary/aromatic N) is 1. The van der Waals surface area contributed by atoms with Crippen LogP contribution in [0.1, 0.15) is 40.5 Å². The standard InChI is InChI=1S/C23H21NO3/c1-14-11-16(13-15-7-3-6-10-20(15)27-2)22-18(12-14)21(23(25)26)17-8-4-5-9-19(17)24-22/h3-10,13-14H,11-12H2,1-2H3,(H,25,26)/b16-13+. The van der Waals surface area contributed by atoms with E-state index in [-0.39, 0.29) is 0 Å². The van der Waals surface area contributed by atoms with E-state index in [1.165, 1.54) is 0 Å². The van der Waals surface area contributed by atoms with E-state index in [4.69, 9.17) is 9.72 Å². The molecule has 0 amide bonds. The molecule has 1 aromatic heterocycles. The Morgan fingerprint density at radius 2 is 1.89 bits per heavy atom. The maximum absolute atomic E-state index is 12.1. The molecule has 4 rings (SSSR count). The van der Waals surface area contributed by atoms with Crippen LogP contribution in [0.25, 0.3) is 22.6 Å². The van der Waals surface area contributed by atoms with E-state index in [0.29, 0.717) is 22.4 Å². The largest absolute Gasteiger partial charge is 0.496 e. The molecule has 2 aromatic carbocycles. The van der Waals surface area contributed by atoms with E-state index in [1.54, 1.807) is 7.11 Å². The highest BCUT2D eigenvalue weighted by Crippen LogP contribution is 2.39. The van der Waals surface area contributed by atoms with Gasteiger partial charge in [-0.25, -0.2) is 9.78 Å². The predicted octanol–water partition coefficient (Wildman–Crippen LogP) is 5.06. The predicted molar refractivity (Wildman–Crippen MR) is 107 cm³/mol.